The summed E-state index contributed by atoms with van der Waals surface area (Å²) in [7, 11) is 1.91. The fourth-order valence-electron chi connectivity index (χ4n) is 4.54. The van der Waals surface area contributed by atoms with E-state index in [1.807, 2.05) is 45.5 Å². The van der Waals surface area contributed by atoms with Crippen molar-refractivity contribution in [1.29, 1.82) is 0 Å². The molecule has 2 N–H and O–H groups in total. The molecule has 2 aromatic carbocycles. The van der Waals surface area contributed by atoms with Crippen LogP contribution >= 0.6 is 0 Å². The first-order valence-electron chi connectivity index (χ1n) is 9.60. The third-order valence-corrected chi connectivity index (χ3v) is 5.99. The zero-order valence-corrected chi connectivity index (χ0v) is 17.0. The van der Waals surface area contributed by atoms with Gasteiger partial charge in [-0.3, -0.25) is 0 Å². The Bertz CT molecular complexity index is 1310. The van der Waals surface area contributed by atoms with E-state index in [0.717, 1.165) is 39.0 Å². The number of nitrogens with one attached hydrogen (secondary N) is 2. The number of anilines is 1. The van der Waals surface area contributed by atoms with Gasteiger partial charge in [0, 0.05) is 29.8 Å². The SMILES string of the molecule is Cc1c(-c2cc(F)cc3c(C)c[nH]c23)cc(F)c2c1-c1c(ncn1C)C(C)(C)N2. The molecule has 3 heterocycles. The second kappa shape index (κ2) is 5.69. The van der Waals surface area contributed by atoms with Gasteiger partial charge in [-0.15, -0.1) is 0 Å². The van der Waals surface area contributed by atoms with Crippen molar-refractivity contribution in [3.05, 3.63) is 59.2 Å². The Labute approximate surface area is 167 Å². The predicted molar refractivity (Wildman–Crippen MR) is 112 cm³/mol. The number of benzene rings is 2. The molecule has 6 heteroatoms. The predicted octanol–water partition coefficient (Wildman–Crippen LogP) is 5.79. The third kappa shape index (κ3) is 2.38. The fourth-order valence-corrected chi connectivity index (χ4v) is 4.54. The van der Waals surface area contributed by atoms with E-state index in [4.69, 9.17) is 0 Å². The van der Waals surface area contributed by atoms with Gasteiger partial charge in [0.05, 0.1) is 34.5 Å². The van der Waals surface area contributed by atoms with Gasteiger partial charge in [0.25, 0.3) is 0 Å². The molecule has 2 aromatic heterocycles. The summed E-state index contributed by atoms with van der Waals surface area (Å²) in [6.45, 7) is 7.86. The van der Waals surface area contributed by atoms with Crippen LogP contribution in [-0.4, -0.2) is 14.5 Å². The molecule has 0 fully saturated rings. The van der Waals surface area contributed by atoms with E-state index >= 15 is 4.39 Å². The summed E-state index contributed by atoms with van der Waals surface area (Å²) in [6.07, 6.45) is 3.60. The number of halogens is 2. The number of hydrogen-bond donors (Lipinski definition) is 2. The number of H-pyrrole nitrogens is 1. The topological polar surface area (TPSA) is 45.6 Å². The number of hydrogen-bond acceptors (Lipinski definition) is 2. The van der Waals surface area contributed by atoms with Gasteiger partial charge in [-0.25, -0.2) is 13.8 Å². The smallest absolute Gasteiger partial charge is 0.147 e. The van der Waals surface area contributed by atoms with Gasteiger partial charge in [-0.2, -0.15) is 0 Å². The molecule has 1 aliphatic rings. The van der Waals surface area contributed by atoms with Gasteiger partial charge in [-0.1, -0.05) is 0 Å². The number of aromatic amines is 1. The van der Waals surface area contributed by atoms with Crippen LogP contribution < -0.4 is 5.32 Å². The maximum Gasteiger partial charge on any atom is 0.147 e. The van der Waals surface area contributed by atoms with Gasteiger partial charge in [0.1, 0.15) is 11.6 Å². The Kier molecular flexibility index (Phi) is 3.51. The van der Waals surface area contributed by atoms with E-state index < -0.39 is 5.54 Å². The van der Waals surface area contributed by atoms with Crippen LogP contribution in [-0.2, 0) is 12.6 Å². The molecular formula is C23H22F2N4. The Balaban J connectivity index is 1.87. The van der Waals surface area contributed by atoms with Crippen molar-refractivity contribution in [2.45, 2.75) is 33.2 Å². The van der Waals surface area contributed by atoms with E-state index in [1.165, 1.54) is 18.2 Å². The molecule has 0 bridgehead atoms. The quantitative estimate of drug-likeness (QED) is 0.431. The molecule has 0 unspecified atom stereocenters. The number of aromatic nitrogens is 3. The minimum absolute atomic E-state index is 0.340. The van der Waals surface area contributed by atoms with Crippen LogP contribution in [0.15, 0.2) is 30.7 Å². The summed E-state index contributed by atoms with van der Waals surface area (Å²) < 4.78 is 31.7. The average Bonchev–Trinajstić information content (AvgIpc) is 3.22. The largest absolute Gasteiger partial charge is 0.372 e. The molecular weight excluding hydrogens is 370 g/mol. The minimum atomic E-state index is -0.499. The monoisotopic (exact) mass is 392 g/mol. The van der Waals surface area contributed by atoms with Gasteiger partial charge < -0.3 is 14.9 Å². The summed E-state index contributed by atoms with van der Waals surface area (Å²) in [5.41, 5.74) is 6.45. The van der Waals surface area contributed by atoms with E-state index in [-0.39, 0.29) is 11.6 Å². The first kappa shape index (κ1) is 17.9. The third-order valence-electron chi connectivity index (χ3n) is 5.99. The summed E-state index contributed by atoms with van der Waals surface area (Å²) in [4.78, 5) is 7.79. The highest BCUT2D eigenvalue weighted by atomic mass is 19.1. The average molecular weight is 392 g/mol. The van der Waals surface area contributed by atoms with Crippen LogP contribution in [0.1, 0.15) is 30.7 Å². The van der Waals surface area contributed by atoms with Crippen molar-refractivity contribution in [3.8, 4) is 22.4 Å². The Morgan fingerprint density at radius 1 is 1.07 bits per heavy atom. The normalized spacial score (nSPS) is 14.6. The molecule has 0 amide bonds. The first-order chi connectivity index (χ1) is 13.7. The maximum atomic E-state index is 15.4. The number of fused-ring (bicyclic) bond motifs is 4. The van der Waals surface area contributed by atoms with Crippen LogP contribution in [0.5, 0.6) is 0 Å². The van der Waals surface area contributed by atoms with Crippen LogP contribution in [0.3, 0.4) is 0 Å². The van der Waals surface area contributed by atoms with Crippen molar-refractivity contribution in [1.82, 2.24) is 14.5 Å². The zero-order chi connectivity index (χ0) is 20.7. The number of nitrogens with zero attached hydrogens (tertiary/aromatic N) is 2. The molecule has 0 saturated carbocycles. The lowest BCUT2D eigenvalue weighted by molar-refractivity contribution is 0.566. The van der Waals surface area contributed by atoms with Crippen molar-refractivity contribution in [3.63, 3.8) is 0 Å². The lowest BCUT2D eigenvalue weighted by atomic mass is 9.84. The van der Waals surface area contributed by atoms with Crippen molar-refractivity contribution in [2.24, 2.45) is 7.05 Å². The zero-order valence-electron chi connectivity index (χ0n) is 17.0. The van der Waals surface area contributed by atoms with E-state index in [2.05, 4.69) is 15.3 Å². The number of rotatable bonds is 1. The van der Waals surface area contributed by atoms with Gasteiger partial charge >= 0.3 is 0 Å². The molecule has 0 saturated heterocycles. The van der Waals surface area contributed by atoms with E-state index in [1.54, 1.807) is 6.33 Å². The summed E-state index contributed by atoms with van der Waals surface area (Å²) in [6, 6.07) is 4.48. The summed E-state index contributed by atoms with van der Waals surface area (Å²) in [5.74, 6) is -0.700. The first-order valence-corrected chi connectivity index (χ1v) is 9.60. The maximum absolute atomic E-state index is 15.4. The summed E-state index contributed by atoms with van der Waals surface area (Å²) in [5, 5.41) is 4.12. The highest BCUT2D eigenvalue weighted by Gasteiger charge is 2.37. The molecule has 29 heavy (non-hydrogen) atoms. The molecule has 148 valence electrons. The van der Waals surface area contributed by atoms with Crippen LogP contribution in [0.25, 0.3) is 33.3 Å². The van der Waals surface area contributed by atoms with E-state index in [0.29, 0.717) is 16.8 Å². The summed E-state index contributed by atoms with van der Waals surface area (Å²) >= 11 is 0. The van der Waals surface area contributed by atoms with Crippen molar-refractivity contribution in [2.75, 3.05) is 5.32 Å². The Morgan fingerprint density at radius 3 is 2.59 bits per heavy atom. The molecule has 4 aromatic rings. The highest BCUT2D eigenvalue weighted by molar-refractivity contribution is 5.99. The molecule has 5 rings (SSSR count). The van der Waals surface area contributed by atoms with Gasteiger partial charge in [0.2, 0.25) is 0 Å². The van der Waals surface area contributed by atoms with Crippen molar-refractivity contribution < 1.29 is 8.78 Å². The highest BCUT2D eigenvalue weighted by Crippen LogP contribution is 2.48. The van der Waals surface area contributed by atoms with Gasteiger partial charge in [0.15, 0.2) is 0 Å². The Morgan fingerprint density at radius 2 is 1.83 bits per heavy atom. The number of aryl methyl sites for hydroxylation is 2. The van der Waals surface area contributed by atoms with Crippen molar-refractivity contribution >= 4 is 16.6 Å². The number of imidazole rings is 1. The minimum Gasteiger partial charge on any atom is -0.372 e. The van der Waals surface area contributed by atoms with Crippen LogP contribution in [0.2, 0.25) is 0 Å². The van der Waals surface area contributed by atoms with Crippen LogP contribution in [0, 0.1) is 25.5 Å². The Hall–Kier alpha value is -3.15. The fraction of sp³-hybridized carbons (Fsp3) is 0.261. The molecule has 1 aliphatic heterocycles. The molecule has 0 spiro atoms. The lowest BCUT2D eigenvalue weighted by Gasteiger charge is -2.35. The second-order valence-electron chi connectivity index (χ2n) is 8.43. The standard InChI is InChI=1S/C23H22F2N4/c1-11-9-26-19-14(11)6-13(24)7-16(19)15-8-17(25)20-18(12(15)2)21-22(23(3,4)28-20)27-10-29(21)5/h6-10,26,28H,1-5H3. The van der Waals surface area contributed by atoms with Gasteiger partial charge in [-0.05, 0) is 62.6 Å². The molecule has 4 nitrogen and oxygen atoms in total. The molecule has 0 radical (unpaired) electrons. The van der Waals surface area contributed by atoms with Crippen LogP contribution in [0.4, 0.5) is 14.5 Å². The molecule has 0 atom stereocenters. The molecule has 0 aliphatic carbocycles. The second-order valence-corrected chi connectivity index (χ2v) is 8.43. The lowest BCUT2D eigenvalue weighted by Crippen LogP contribution is -2.33. The van der Waals surface area contributed by atoms with E-state index in [9.17, 15) is 4.39 Å².